The lowest BCUT2D eigenvalue weighted by Gasteiger charge is -2.12. The topological polar surface area (TPSA) is 81.4 Å². The highest BCUT2D eigenvalue weighted by Gasteiger charge is 2.14. The molecule has 5 nitrogen and oxygen atoms in total. The molecule has 0 fully saturated rings. The second-order valence-corrected chi connectivity index (χ2v) is 6.25. The van der Waals surface area contributed by atoms with Gasteiger partial charge < -0.3 is 10.5 Å². The van der Waals surface area contributed by atoms with Crippen LogP contribution < -0.4 is 15.2 Å². The summed E-state index contributed by atoms with van der Waals surface area (Å²) in [4.78, 5) is 0. The number of rotatable bonds is 6. The van der Waals surface area contributed by atoms with Crippen molar-refractivity contribution in [1.29, 1.82) is 0 Å². The Morgan fingerprint density at radius 2 is 1.76 bits per heavy atom. The number of hydrogen-bond acceptors (Lipinski definition) is 4. The Kier molecular flexibility index (Phi) is 4.70. The summed E-state index contributed by atoms with van der Waals surface area (Å²) in [5.41, 5.74) is 7.30. The molecule has 0 saturated carbocycles. The normalized spacial score (nSPS) is 11.1. The molecule has 2 aromatic rings. The molecule has 0 aliphatic heterocycles. The zero-order valence-corrected chi connectivity index (χ0v) is 12.6. The van der Waals surface area contributed by atoms with Crippen LogP contribution in [-0.4, -0.2) is 15.0 Å². The molecule has 0 amide bonds. The monoisotopic (exact) mass is 306 g/mol. The second-order valence-electron chi connectivity index (χ2n) is 4.53. The Hall–Kier alpha value is -2.21. The molecule has 0 aliphatic carbocycles. The summed E-state index contributed by atoms with van der Waals surface area (Å²) >= 11 is 0. The largest absolute Gasteiger partial charge is 0.492 e. The number of benzene rings is 2. The molecule has 0 heterocycles. The lowest BCUT2D eigenvalue weighted by Crippen LogP contribution is -2.15. The third kappa shape index (κ3) is 4.39. The summed E-state index contributed by atoms with van der Waals surface area (Å²) < 4.78 is 32.4. The van der Waals surface area contributed by atoms with Crippen LogP contribution in [0.1, 0.15) is 12.5 Å². The first-order chi connectivity index (χ1) is 10.00. The van der Waals surface area contributed by atoms with Crippen molar-refractivity contribution in [3.8, 4) is 5.75 Å². The van der Waals surface area contributed by atoms with E-state index in [4.69, 9.17) is 10.5 Å². The molecule has 0 bridgehead atoms. The first kappa shape index (κ1) is 15.2. The van der Waals surface area contributed by atoms with Gasteiger partial charge in [0.1, 0.15) is 5.75 Å². The molecule has 2 aromatic carbocycles. The molecule has 0 unspecified atom stereocenters. The smallest absolute Gasteiger partial charge is 0.237 e. The maximum absolute atomic E-state index is 12.2. The predicted octanol–water partition coefficient (Wildman–Crippen LogP) is 2.61. The SMILES string of the molecule is CCOc1ccccc1NS(=O)(=O)Cc1ccc(N)cc1. The van der Waals surface area contributed by atoms with Crippen LogP contribution in [0, 0.1) is 0 Å². The fourth-order valence-corrected chi connectivity index (χ4v) is 3.08. The van der Waals surface area contributed by atoms with Crippen molar-refractivity contribution in [2.45, 2.75) is 12.7 Å². The fraction of sp³-hybridized carbons (Fsp3) is 0.200. The Bertz CT molecular complexity index is 697. The number of nitrogens with two attached hydrogens (primary N) is 1. The number of anilines is 2. The summed E-state index contributed by atoms with van der Waals surface area (Å²) in [7, 11) is -3.51. The van der Waals surface area contributed by atoms with Crippen molar-refractivity contribution < 1.29 is 13.2 Å². The third-order valence-electron chi connectivity index (χ3n) is 2.79. The van der Waals surface area contributed by atoms with Crippen molar-refractivity contribution in [2.24, 2.45) is 0 Å². The van der Waals surface area contributed by atoms with E-state index in [1.807, 2.05) is 6.92 Å². The molecule has 0 spiro atoms. The highest BCUT2D eigenvalue weighted by molar-refractivity contribution is 7.91. The van der Waals surface area contributed by atoms with Gasteiger partial charge in [0.15, 0.2) is 0 Å². The molecule has 0 atom stereocenters. The van der Waals surface area contributed by atoms with E-state index in [0.717, 1.165) is 0 Å². The lowest BCUT2D eigenvalue weighted by atomic mass is 10.2. The maximum Gasteiger partial charge on any atom is 0.237 e. The standard InChI is InChI=1S/C15H18N2O3S/c1-2-20-15-6-4-3-5-14(15)17-21(18,19)11-12-7-9-13(16)10-8-12/h3-10,17H,2,11,16H2,1H3. The maximum atomic E-state index is 12.2. The molecule has 2 rings (SSSR count). The van der Waals surface area contributed by atoms with Gasteiger partial charge in [-0.25, -0.2) is 8.42 Å². The zero-order chi connectivity index (χ0) is 15.3. The van der Waals surface area contributed by atoms with E-state index in [1.165, 1.54) is 0 Å². The zero-order valence-electron chi connectivity index (χ0n) is 11.7. The Morgan fingerprint density at radius 3 is 2.43 bits per heavy atom. The van der Waals surface area contributed by atoms with E-state index in [9.17, 15) is 8.42 Å². The summed E-state index contributed by atoms with van der Waals surface area (Å²) in [5.74, 6) is 0.397. The number of nitrogens with one attached hydrogen (secondary N) is 1. The third-order valence-corrected chi connectivity index (χ3v) is 4.03. The first-order valence-corrected chi connectivity index (χ1v) is 8.22. The predicted molar refractivity (Wildman–Crippen MR) is 84.7 cm³/mol. The van der Waals surface area contributed by atoms with E-state index in [0.29, 0.717) is 29.3 Å². The molecule has 0 aromatic heterocycles. The number of ether oxygens (including phenoxy) is 1. The summed E-state index contributed by atoms with van der Waals surface area (Å²) in [6.45, 7) is 2.32. The molecular formula is C15H18N2O3S. The second kappa shape index (κ2) is 6.49. The van der Waals surface area contributed by atoms with Crippen LogP contribution in [-0.2, 0) is 15.8 Å². The number of sulfonamides is 1. The van der Waals surface area contributed by atoms with Gasteiger partial charge in [0, 0.05) is 5.69 Å². The van der Waals surface area contributed by atoms with Gasteiger partial charge in [0.2, 0.25) is 10.0 Å². The van der Waals surface area contributed by atoms with Gasteiger partial charge in [-0.1, -0.05) is 24.3 Å². The molecule has 0 radical (unpaired) electrons. The van der Waals surface area contributed by atoms with Crippen LogP contribution in [0.4, 0.5) is 11.4 Å². The fourth-order valence-electron chi connectivity index (χ4n) is 1.87. The van der Waals surface area contributed by atoms with Crippen molar-refractivity contribution in [2.75, 3.05) is 17.1 Å². The highest BCUT2D eigenvalue weighted by Crippen LogP contribution is 2.25. The van der Waals surface area contributed by atoms with Gasteiger partial charge in [0.25, 0.3) is 0 Å². The Morgan fingerprint density at radius 1 is 1.10 bits per heavy atom. The first-order valence-electron chi connectivity index (χ1n) is 6.57. The summed E-state index contributed by atoms with van der Waals surface area (Å²) in [6, 6.07) is 13.7. The molecule has 3 N–H and O–H groups in total. The van der Waals surface area contributed by atoms with Crippen LogP contribution in [0.3, 0.4) is 0 Å². The minimum atomic E-state index is -3.51. The van der Waals surface area contributed by atoms with Gasteiger partial charge in [-0.3, -0.25) is 4.72 Å². The molecule has 112 valence electrons. The lowest BCUT2D eigenvalue weighted by molar-refractivity contribution is 0.342. The Balaban J connectivity index is 2.16. The summed E-state index contributed by atoms with van der Waals surface area (Å²) in [6.07, 6.45) is 0. The number of hydrogen-bond donors (Lipinski definition) is 2. The van der Waals surface area contributed by atoms with E-state index < -0.39 is 10.0 Å². The highest BCUT2D eigenvalue weighted by atomic mass is 32.2. The molecule has 21 heavy (non-hydrogen) atoms. The van der Waals surface area contributed by atoms with Crippen molar-refractivity contribution in [3.63, 3.8) is 0 Å². The van der Waals surface area contributed by atoms with Gasteiger partial charge >= 0.3 is 0 Å². The van der Waals surface area contributed by atoms with Crippen LogP contribution in [0.5, 0.6) is 5.75 Å². The van der Waals surface area contributed by atoms with Crippen LogP contribution in [0.15, 0.2) is 48.5 Å². The van der Waals surface area contributed by atoms with E-state index >= 15 is 0 Å². The number of para-hydroxylation sites is 2. The van der Waals surface area contributed by atoms with Gasteiger partial charge in [-0.05, 0) is 36.8 Å². The molecule has 0 aliphatic rings. The minimum absolute atomic E-state index is 0.117. The Labute approximate surface area is 124 Å². The van der Waals surface area contributed by atoms with Gasteiger partial charge in [-0.2, -0.15) is 0 Å². The molecule has 0 saturated heterocycles. The summed E-state index contributed by atoms with van der Waals surface area (Å²) in [5, 5.41) is 0. The van der Waals surface area contributed by atoms with Crippen molar-refractivity contribution >= 4 is 21.4 Å². The van der Waals surface area contributed by atoms with Crippen LogP contribution in [0.2, 0.25) is 0 Å². The van der Waals surface area contributed by atoms with E-state index in [-0.39, 0.29) is 5.75 Å². The van der Waals surface area contributed by atoms with E-state index in [2.05, 4.69) is 4.72 Å². The quantitative estimate of drug-likeness (QED) is 0.804. The minimum Gasteiger partial charge on any atom is -0.492 e. The number of nitrogen functional groups attached to an aromatic ring is 1. The van der Waals surface area contributed by atoms with Crippen LogP contribution >= 0.6 is 0 Å². The average Bonchev–Trinajstić information content (AvgIpc) is 2.43. The van der Waals surface area contributed by atoms with Crippen molar-refractivity contribution in [3.05, 3.63) is 54.1 Å². The molecule has 6 heteroatoms. The van der Waals surface area contributed by atoms with Crippen molar-refractivity contribution in [1.82, 2.24) is 0 Å². The molecular weight excluding hydrogens is 288 g/mol. The van der Waals surface area contributed by atoms with E-state index in [1.54, 1.807) is 48.5 Å². The average molecular weight is 306 g/mol. The van der Waals surface area contributed by atoms with Gasteiger partial charge in [0.05, 0.1) is 18.0 Å². The van der Waals surface area contributed by atoms with Crippen LogP contribution in [0.25, 0.3) is 0 Å². The van der Waals surface area contributed by atoms with Gasteiger partial charge in [-0.15, -0.1) is 0 Å².